The molecule has 0 radical (unpaired) electrons. The highest BCUT2D eigenvalue weighted by molar-refractivity contribution is 6.30. The van der Waals surface area contributed by atoms with Crippen molar-refractivity contribution in [3.8, 4) is 0 Å². The predicted molar refractivity (Wildman–Crippen MR) is 118 cm³/mol. The molecular formula is C23H29ClN4O2. The summed E-state index contributed by atoms with van der Waals surface area (Å²) in [6.07, 6.45) is 5.55. The lowest BCUT2D eigenvalue weighted by Gasteiger charge is -2.28. The van der Waals surface area contributed by atoms with E-state index in [1.54, 1.807) is 0 Å². The van der Waals surface area contributed by atoms with Gasteiger partial charge in [-0.2, -0.15) is 5.10 Å². The van der Waals surface area contributed by atoms with E-state index in [4.69, 9.17) is 21.4 Å². The van der Waals surface area contributed by atoms with Gasteiger partial charge in [-0.15, -0.1) is 6.58 Å². The van der Waals surface area contributed by atoms with Crippen LogP contribution in [0, 0.1) is 0 Å². The first-order valence-corrected chi connectivity index (χ1v) is 11.1. The molecule has 1 N–H and O–H groups in total. The molecule has 0 saturated carbocycles. The Balaban J connectivity index is 1.45. The summed E-state index contributed by atoms with van der Waals surface area (Å²) >= 11 is 6.09. The number of aromatic nitrogens is 2. The van der Waals surface area contributed by atoms with Crippen LogP contribution in [0.15, 0.2) is 36.9 Å². The number of hydrogen-bond donors (Lipinski definition) is 1. The highest BCUT2D eigenvalue weighted by atomic mass is 35.5. The number of fused-ring (bicyclic) bond motifs is 1. The van der Waals surface area contributed by atoms with Crippen LogP contribution in [-0.2, 0) is 30.5 Å². The van der Waals surface area contributed by atoms with Gasteiger partial charge in [0.25, 0.3) is 5.91 Å². The van der Waals surface area contributed by atoms with Gasteiger partial charge in [-0.3, -0.25) is 9.48 Å². The molecule has 160 valence electrons. The lowest BCUT2D eigenvalue weighted by atomic mass is 9.91. The van der Waals surface area contributed by atoms with Gasteiger partial charge in [0.2, 0.25) is 0 Å². The second kappa shape index (κ2) is 9.77. The fraction of sp³-hybridized carbons (Fsp3) is 0.478. The molecule has 1 saturated heterocycles. The molecule has 1 aliphatic heterocycles. The maximum atomic E-state index is 13.2. The van der Waals surface area contributed by atoms with Gasteiger partial charge in [-0.1, -0.05) is 29.8 Å². The van der Waals surface area contributed by atoms with Crippen LogP contribution in [0.5, 0.6) is 0 Å². The van der Waals surface area contributed by atoms with E-state index < -0.39 is 0 Å². The Morgan fingerprint density at radius 3 is 2.97 bits per heavy atom. The van der Waals surface area contributed by atoms with Crippen LogP contribution in [-0.4, -0.2) is 59.5 Å². The fourth-order valence-electron chi connectivity index (χ4n) is 4.34. The first-order valence-electron chi connectivity index (χ1n) is 10.7. The summed E-state index contributed by atoms with van der Waals surface area (Å²) in [6, 6.07) is 8.34. The van der Waals surface area contributed by atoms with Crippen molar-refractivity contribution in [2.24, 2.45) is 0 Å². The first kappa shape index (κ1) is 21.1. The average molecular weight is 429 g/mol. The largest absolute Gasteiger partial charge is 0.378 e. The summed E-state index contributed by atoms with van der Waals surface area (Å²) in [7, 11) is 0. The Kier molecular flexibility index (Phi) is 6.87. The molecule has 1 amide bonds. The van der Waals surface area contributed by atoms with Crippen molar-refractivity contribution in [2.45, 2.75) is 38.3 Å². The van der Waals surface area contributed by atoms with Crippen LogP contribution in [0.1, 0.15) is 33.7 Å². The van der Waals surface area contributed by atoms with Crippen molar-refractivity contribution in [2.75, 3.05) is 32.8 Å². The zero-order valence-corrected chi connectivity index (χ0v) is 18.0. The van der Waals surface area contributed by atoms with Crippen molar-refractivity contribution < 1.29 is 9.53 Å². The molecule has 1 aromatic heterocycles. The zero-order chi connectivity index (χ0) is 20.9. The molecule has 2 heterocycles. The maximum absolute atomic E-state index is 13.2. The van der Waals surface area contributed by atoms with Gasteiger partial charge in [0.1, 0.15) is 0 Å². The summed E-state index contributed by atoms with van der Waals surface area (Å²) in [6.45, 7) is 7.80. The van der Waals surface area contributed by atoms with Crippen molar-refractivity contribution in [3.63, 3.8) is 0 Å². The summed E-state index contributed by atoms with van der Waals surface area (Å²) in [4.78, 5) is 15.0. The summed E-state index contributed by atoms with van der Waals surface area (Å²) < 4.78 is 7.35. The molecule has 30 heavy (non-hydrogen) atoms. The molecule has 0 bridgehead atoms. The summed E-state index contributed by atoms with van der Waals surface area (Å²) in [5, 5.41) is 9.15. The number of hydrogen-bond acceptors (Lipinski definition) is 4. The summed E-state index contributed by atoms with van der Waals surface area (Å²) in [5.41, 5.74) is 4.11. The van der Waals surface area contributed by atoms with E-state index in [1.165, 1.54) is 11.3 Å². The van der Waals surface area contributed by atoms with E-state index in [9.17, 15) is 4.79 Å². The number of rotatable bonds is 7. The van der Waals surface area contributed by atoms with Gasteiger partial charge in [-0.05, 0) is 49.9 Å². The molecule has 6 nitrogen and oxygen atoms in total. The van der Waals surface area contributed by atoms with Gasteiger partial charge in [-0.25, -0.2) is 0 Å². The minimum absolute atomic E-state index is 0.0249. The van der Waals surface area contributed by atoms with Crippen LogP contribution >= 0.6 is 11.6 Å². The number of morpholine rings is 1. The predicted octanol–water partition coefficient (Wildman–Crippen LogP) is 2.88. The van der Waals surface area contributed by atoms with Crippen LogP contribution in [0.4, 0.5) is 0 Å². The highest BCUT2D eigenvalue weighted by Gasteiger charge is 2.31. The van der Waals surface area contributed by atoms with Crippen LogP contribution in [0.25, 0.3) is 0 Å². The normalized spacial score (nSPS) is 18.8. The third-order valence-corrected chi connectivity index (χ3v) is 6.12. The lowest BCUT2D eigenvalue weighted by molar-refractivity contribution is 0.0297. The van der Waals surface area contributed by atoms with E-state index in [2.05, 4.69) is 18.0 Å². The van der Waals surface area contributed by atoms with Gasteiger partial charge in [0, 0.05) is 35.4 Å². The maximum Gasteiger partial charge on any atom is 0.274 e. The monoisotopic (exact) mass is 428 g/mol. The molecule has 2 aliphatic rings. The smallest absolute Gasteiger partial charge is 0.274 e. The number of ether oxygens (including phenoxy) is 1. The third-order valence-electron chi connectivity index (χ3n) is 5.89. The van der Waals surface area contributed by atoms with E-state index in [-0.39, 0.29) is 5.91 Å². The van der Waals surface area contributed by atoms with Crippen molar-refractivity contribution in [1.29, 1.82) is 0 Å². The standard InChI is InChI=1S/C23H29ClN4O2/c1-2-10-28-21-7-6-19(25-9-8-17-4-3-5-18(24)15-17)16-20(21)22(26-28)23(29)27-11-13-30-14-12-27/h2-5,15,19,25H,1,6-14,16H2/t19-/m1/s1. The van der Waals surface area contributed by atoms with Crippen LogP contribution in [0.2, 0.25) is 5.02 Å². The minimum atomic E-state index is 0.0249. The van der Waals surface area contributed by atoms with Crippen LogP contribution in [0.3, 0.4) is 0 Å². The molecule has 2 aromatic rings. The van der Waals surface area contributed by atoms with Gasteiger partial charge in [0.15, 0.2) is 5.69 Å². The van der Waals surface area contributed by atoms with Crippen molar-refractivity contribution in [3.05, 3.63) is 64.5 Å². The van der Waals surface area contributed by atoms with E-state index in [0.717, 1.165) is 42.8 Å². The number of nitrogens with zero attached hydrogens (tertiary/aromatic N) is 3. The molecule has 1 aliphatic carbocycles. The number of carbonyl (C=O) groups is 1. The van der Waals surface area contributed by atoms with Crippen molar-refractivity contribution in [1.82, 2.24) is 20.0 Å². The number of allylic oxidation sites excluding steroid dienone is 1. The Labute approximate surface area is 182 Å². The van der Waals surface area contributed by atoms with E-state index in [0.29, 0.717) is 44.6 Å². The van der Waals surface area contributed by atoms with Gasteiger partial charge >= 0.3 is 0 Å². The third kappa shape index (κ3) is 4.77. The SMILES string of the molecule is C=CCn1nc(C(=O)N2CCOCC2)c2c1CC[C@@H](NCCc1cccc(Cl)c1)C2. The Hall–Kier alpha value is -2.15. The molecule has 4 rings (SSSR count). The Morgan fingerprint density at radius 2 is 2.20 bits per heavy atom. The van der Waals surface area contributed by atoms with Crippen molar-refractivity contribution >= 4 is 17.5 Å². The topological polar surface area (TPSA) is 59.4 Å². The second-order valence-electron chi connectivity index (χ2n) is 7.92. The van der Waals surface area contributed by atoms with E-state index >= 15 is 0 Å². The first-order chi connectivity index (χ1) is 14.7. The number of nitrogens with one attached hydrogen (secondary N) is 1. The lowest BCUT2D eigenvalue weighted by Crippen LogP contribution is -2.42. The Morgan fingerprint density at radius 1 is 1.37 bits per heavy atom. The number of benzene rings is 1. The molecule has 0 spiro atoms. The molecular weight excluding hydrogens is 400 g/mol. The highest BCUT2D eigenvalue weighted by Crippen LogP contribution is 2.26. The summed E-state index contributed by atoms with van der Waals surface area (Å²) in [5.74, 6) is 0.0249. The molecule has 1 aromatic carbocycles. The van der Waals surface area contributed by atoms with E-state index in [1.807, 2.05) is 33.9 Å². The second-order valence-corrected chi connectivity index (χ2v) is 8.36. The van der Waals surface area contributed by atoms with Gasteiger partial charge < -0.3 is 15.0 Å². The number of halogens is 1. The molecule has 1 atom stereocenters. The number of amides is 1. The minimum Gasteiger partial charge on any atom is -0.378 e. The zero-order valence-electron chi connectivity index (χ0n) is 17.3. The number of carbonyl (C=O) groups excluding carboxylic acids is 1. The fourth-order valence-corrected chi connectivity index (χ4v) is 4.55. The molecule has 0 unspecified atom stereocenters. The Bertz CT molecular complexity index is 905. The quantitative estimate of drug-likeness (QED) is 0.689. The molecule has 1 fully saturated rings. The van der Waals surface area contributed by atoms with Gasteiger partial charge in [0.05, 0.1) is 19.8 Å². The van der Waals surface area contributed by atoms with Crippen LogP contribution < -0.4 is 5.32 Å². The molecule has 7 heteroatoms. The average Bonchev–Trinajstić information content (AvgIpc) is 3.12.